The molecule has 6 heteroatoms. The summed E-state index contributed by atoms with van der Waals surface area (Å²) in [6, 6.07) is 15.6. The van der Waals surface area contributed by atoms with E-state index < -0.39 is 0 Å². The average molecular weight is 390 g/mol. The van der Waals surface area contributed by atoms with Crippen LogP contribution < -0.4 is 5.32 Å². The number of urea groups is 1. The number of carbonyl (C=O) groups excluding carboxylic acids is 1. The molecule has 150 valence electrons. The Labute approximate surface area is 170 Å². The summed E-state index contributed by atoms with van der Waals surface area (Å²) in [4.78, 5) is 19.4. The van der Waals surface area contributed by atoms with E-state index in [0.717, 1.165) is 36.9 Å². The minimum atomic E-state index is -0.204. The Morgan fingerprint density at radius 2 is 2.03 bits per heavy atom. The predicted octanol–water partition coefficient (Wildman–Crippen LogP) is 5.37. The van der Waals surface area contributed by atoms with Crippen molar-refractivity contribution in [2.24, 2.45) is 0 Å². The first-order valence-corrected chi connectivity index (χ1v) is 10.2. The maximum Gasteiger partial charge on any atom is 0.322 e. The zero-order valence-corrected chi connectivity index (χ0v) is 16.9. The Hall–Kier alpha value is -3.15. The van der Waals surface area contributed by atoms with Crippen molar-refractivity contribution in [2.45, 2.75) is 45.6 Å². The molecule has 0 spiro atoms. The lowest BCUT2D eigenvalue weighted by Crippen LogP contribution is -2.41. The highest BCUT2D eigenvalue weighted by Crippen LogP contribution is 2.31. The van der Waals surface area contributed by atoms with Gasteiger partial charge in [-0.15, -0.1) is 0 Å². The molecule has 4 rings (SSSR count). The van der Waals surface area contributed by atoms with Gasteiger partial charge < -0.3 is 14.7 Å². The van der Waals surface area contributed by atoms with Crippen LogP contribution in [-0.2, 0) is 6.42 Å². The Kier molecular flexibility index (Phi) is 5.60. The van der Waals surface area contributed by atoms with E-state index in [9.17, 15) is 4.79 Å². The summed E-state index contributed by atoms with van der Waals surface area (Å²) in [7, 11) is 0. The van der Waals surface area contributed by atoms with Gasteiger partial charge in [-0.2, -0.15) is 4.98 Å². The van der Waals surface area contributed by atoms with Crippen LogP contribution in [0, 0.1) is 6.92 Å². The topological polar surface area (TPSA) is 71.3 Å². The number of likely N-dealkylation sites (tertiary alicyclic amines) is 1. The highest BCUT2D eigenvalue weighted by Gasteiger charge is 2.32. The minimum Gasteiger partial charge on any atom is -0.337 e. The number of benzene rings is 2. The van der Waals surface area contributed by atoms with E-state index in [1.807, 2.05) is 54.3 Å². The molecule has 29 heavy (non-hydrogen) atoms. The van der Waals surface area contributed by atoms with Crippen molar-refractivity contribution in [1.82, 2.24) is 15.0 Å². The monoisotopic (exact) mass is 390 g/mol. The average Bonchev–Trinajstić information content (AvgIpc) is 3.24. The van der Waals surface area contributed by atoms with Gasteiger partial charge in [0.05, 0.1) is 0 Å². The second-order valence-corrected chi connectivity index (χ2v) is 7.51. The molecule has 1 N–H and O–H groups in total. The van der Waals surface area contributed by atoms with Gasteiger partial charge in [0, 0.05) is 17.8 Å². The lowest BCUT2D eigenvalue weighted by Gasteiger charge is -2.33. The van der Waals surface area contributed by atoms with Gasteiger partial charge in [0.25, 0.3) is 0 Å². The van der Waals surface area contributed by atoms with Crippen LogP contribution >= 0.6 is 0 Å². The van der Waals surface area contributed by atoms with E-state index in [2.05, 4.69) is 28.4 Å². The first-order valence-electron chi connectivity index (χ1n) is 10.2. The maximum atomic E-state index is 13.0. The highest BCUT2D eigenvalue weighted by atomic mass is 16.5. The van der Waals surface area contributed by atoms with E-state index in [4.69, 9.17) is 4.52 Å². The Morgan fingerprint density at radius 1 is 1.21 bits per heavy atom. The van der Waals surface area contributed by atoms with Crippen LogP contribution in [0.25, 0.3) is 11.4 Å². The third-order valence-electron chi connectivity index (χ3n) is 5.39. The number of aryl methyl sites for hydroxylation is 2. The van der Waals surface area contributed by atoms with Crippen molar-refractivity contribution in [3.63, 3.8) is 0 Å². The van der Waals surface area contributed by atoms with Crippen LogP contribution in [0.4, 0.5) is 10.5 Å². The van der Waals surface area contributed by atoms with E-state index in [1.165, 1.54) is 11.1 Å². The molecule has 2 heterocycles. The third kappa shape index (κ3) is 4.31. The van der Waals surface area contributed by atoms with Crippen molar-refractivity contribution in [2.75, 3.05) is 11.9 Å². The molecule has 1 aliphatic heterocycles. The van der Waals surface area contributed by atoms with Gasteiger partial charge in [-0.05, 0) is 50.3 Å². The van der Waals surface area contributed by atoms with Crippen molar-refractivity contribution in [1.29, 1.82) is 0 Å². The zero-order chi connectivity index (χ0) is 20.2. The van der Waals surface area contributed by atoms with Crippen molar-refractivity contribution >= 4 is 11.7 Å². The summed E-state index contributed by atoms with van der Waals surface area (Å²) in [5.74, 6) is 1.05. The zero-order valence-electron chi connectivity index (χ0n) is 16.9. The first kappa shape index (κ1) is 19.2. The number of hydrogen-bond donors (Lipinski definition) is 1. The number of piperidine rings is 1. The molecule has 2 amide bonds. The van der Waals surface area contributed by atoms with E-state index in [1.54, 1.807) is 0 Å². The number of aromatic nitrogens is 2. The summed E-state index contributed by atoms with van der Waals surface area (Å²) in [5.41, 5.74) is 4.09. The number of carbonyl (C=O) groups is 1. The van der Waals surface area contributed by atoms with Gasteiger partial charge in [0.15, 0.2) is 0 Å². The molecule has 3 aromatic rings. The number of amides is 2. The van der Waals surface area contributed by atoms with E-state index in [0.29, 0.717) is 18.3 Å². The lowest BCUT2D eigenvalue weighted by atomic mass is 10.0. The summed E-state index contributed by atoms with van der Waals surface area (Å²) in [6.45, 7) is 4.81. The van der Waals surface area contributed by atoms with E-state index in [-0.39, 0.29) is 12.1 Å². The molecule has 0 aliphatic carbocycles. The molecule has 1 aliphatic rings. The molecule has 0 unspecified atom stereocenters. The number of rotatable bonds is 4. The molecule has 2 aromatic carbocycles. The Balaban J connectivity index is 1.53. The molecule has 0 radical (unpaired) electrons. The smallest absolute Gasteiger partial charge is 0.322 e. The summed E-state index contributed by atoms with van der Waals surface area (Å²) in [6.07, 6.45) is 3.75. The van der Waals surface area contributed by atoms with Crippen LogP contribution in [0.3, 0.4) is 0 Å². The molecule has 0 bridgehead atoms. The van der Waals surface area contributed by atoms with Gasteiger partial charge in [0.2, 0.25) is 11.7 Å². The molecular weight excluding hydrogens is 364 g/mol. The van der Waals surface area contributed by atoms with Crippen molar-refractivity contribution < 1.29 is 9.32 Å². The van der Waals surface area contributed by atoms with Crippen LogP contribution in [0.15, 0.2) is 53.1 Å². The summed E-state index contributed by atoms with van der Waals surface area (Å²) >= 11 is 0. The quantitative estimate of drug-likeness (QED) is 0.650. The lowest BCUT2D eigenvalue weighted by molar-refractivity contribution is 0.142. The molecular formula is C23H26N4O2. The standard InChI is InChI=1S/C23H26N4O2/c1-3-17-7-6-8-19(15-17)24-23(28)27-14-5-4-9-20(27)22-25-21(26-29-22)18-12-10-16(2)11-13-18/h6-8,10-13,15,20H,3-5,9,14H2,1-2H3,(H,24,28)/t20-/m0/s1. The SMILES string of the molecule is CCc1cccc(NC(=O)N2CCCC[C@H]2c2nc(-c3ccc(C)cc3)no2)c1. The van der Waals surface area contributed by atoms with Gasteiger partial charge in [-0.3, -0.25) is 0 Å². The van der Waals surface area contributed by atoms with E-state index >= 15 is 0 Å². The minimum absolute atomic E-state index is 0.127. The second kappa shape index (κ2) is 8.47. The number of hydrogen-bond acceptors (Lipinski definition) is 4. The van der Waals surface area contributed by atoms with Gasteiger partial charge in [-0.1, -0.05) is 54.0 Å². The van der Waals surface area contributed by atoms with Crippen LogP contribution in [-0.4, -0.2) is 27.6 Å². The Bertz CT molecular complexity index is 981. The van der Waals surface area contributed by atoms with Gasteiger partial charge >= 0.3 is 6.03 Å². The van der Waals surface area contributed by atoms with Crippen molar-refractivity contribution in [3.05, 3.63) is 65.5 Å². The van der Waals surface area contributed by atoms with Crippen LogP contribution in [0.2, 0.25) is 0 Å². The predicted molar refractivity (Wildman–Crippen MR) is 113 cm³/mol. The molecule has 1 aromatic heterocycles. The second-order valence-electron chi connectivity index (χ2n) is 7.51. The molecule has 6 nitrogen and oxygen atoms in total. The number of nitrogens with zero attached hydrogens (tertiary/aromatic N) is 3. The molecule has 0 saturated carbocycles. The first-order chi connectivity index (χ1) is 14.1. The third-order valence-corrected chi connectivity index (χ3v) is 5.39. The maximum absolute atomic E-state index is 13.0. The summed E-state index contributed by atoms with van der Waals surface area (Å²) in [5, 5.41) is 7.18. The van der Waals surface area contributed by atoms with Crippen LogP contribution in [0.1, 0.15) is 49.2 Å². The number of nitrogens with one attached hydrogen (secondary N) is 1. The van der Waals surface area contributed by atoms with Crippen LogP contribution in [0.5, 0.6) is 0 Å². The highest BCUT2D eigenvalue weighted by molar-refractivity contribution is 5.89. The normalized spacial score (nSPS) is 16.6. The van der Waals surface area contributed by atoms with Crippen molar-refractivity contribution in [3.8, 4) is 11.4 Å². The fourth-order valence-electron chi connectivity index (χ4n) is 3.69. The van der Waals surface area contributed by atoms with Gasteiger partial charge in [0.1, 0.15) is 6.04 Å². The fourth-order valence-corrected chi connectivity index (χ4v) is 3.69. The fraction of sp³-hybridized carbons (Fsp3) is 0.348. The number of anilines is 1. The molecule has 1 atom stereocenters. The Morgan fingerprint density at radius 3 is 2.83 bits per heavy atom. The molecule has 1 fully saturated rings. The van der Waals surface area contributed by atoms with Gasteiger partial charge in [-0.25, -0.2) is 4.79 Å². The largest absolute Gasteiger partial charge is 0.337 e. The molecule has 1 saturated heterocycles. The summed E-state index contributed by atoms with van der Waals surface area (Å²) < 4.78 is 5.57.